The van der Waals surface area contributed by atoms with Gasteiger partial charge >= 0.3 is 0 Å². The van der Waals surface area contributed by atoms with Crippen LogP contribution in [-0.4, -0.2) is 19.2 Å². The second-order valence-corrected chi connectivity index (χ2v) is 5.08. The van der Waals surface area contributed by atoms with Gasteiger partial charge in [-0.3, -0.25) is 0 Å². The summed E-state index contributed by atoms with van der Waals surface area (Å²) in [6.07, 6.45) is 2.35. The highest BCUT2D eigenvalue weighted by molar-refractivity contribution is 5.30. The van der Waals surface area contributed by atoms with Gasteiger partial charge in [0.25, 0.3) is 0 Å². The smallest absolute Gasteiger partial charge is 0.119 e. The van der Waals surface area contributed by atoms with Crippen molar-refractivity contribution in [2.75, 3.05) is 13.2 Å². The Hall–Kier alpha value is -1.02. The molecule has 0 saturated carbocycles. The van der Waals surface area contributed by atoms with Crippen LogP contribution in [-0.2, 0) is 0 Å². The molecule has 0 saturated heterocycles. The van der Waals surface area contributed by atoms with Gasteiger partial charge in [-0.05, 0) is 36.6 Å². The first-order valence-electron chi connectivity index (χ1n) is 7.13. The summed E-state index contributed by atoms with van der Waals surface area (Å²) in [5.74, 6) is 1.54. The Bertz CT molecular complexity index is 330. The molecule has 1 N–H and O–H groups in total. The van der Waals surface area contributed by atoms with E-state index in [-0.39, 0.29) is 0 Å². The zero-order valence-electron chi connectivity index (χ0n) is 12.2. The standard InChI is InChI=1S/C16H27NO/c1-5-8-15(17-6-2)12-18-16-10-7-9-14(11-16)13(3)4/h7,9-11,13,15,17H,5-6,8,12H2,1-4H3. The van der Waals surface area contributed by atoms with Crippen LogP contribution in [0.1, 0.15) is 52.0 Å². The number of benzene rings is 1. The molecule has 0 radical (unpaired) electrons. The van der Waals surface area contributed by atoms with Crippen LogP contribution in [0.2, 0.25) is 0 Å². The van der Waals surface area contributed by atoms with E-state index in [4.69, 9.17) is 4.74 Å². The fourth-order valence-electron chi connectivity index (χ4n) is 2.04. The molecule has 102 valence electrons. The van der Waals surface area contributed by atoms with E-state index in [0.717, 1.165) is 25.3 Å². The molecule has 0 fully saturated rings. The summed E-state index contributed by atoms with van der Waals surface area (Å²) in [5.41, 5.74) is 1.34. The summed E-state index contributed by atoms with van der Waals surface area (Å²) in [5, 5.41) is 3.47. The van der Waals surface area contributed by atoms with Crippen LogP contribution in [0.4, 0.5) is 0 Å². The highest BCUT2D eigenvalue weighted by Gasteiger charge is 2.07. The number of nitrogens with one attached hydrogen (secondary N) is 1. The molecule has 1 atom stereocenters. The van der Waals surface area contributed by atoms with Crippen molar-refractivity contribution in [3.63, 3.8) is 0 Å². The lowest BCUT2D eigenvalue weighted by molar-refractivity contribution is 0.257. The lowest BCUT2D eigenvalue weighted by Crippen LogP contribution is -2.34. The third kappa shape index (κ3) is 5.09. The Morgan fingerprint density at radius 2 is 2.00 bits per heavy atom. The molecule has 0 heterocycles. The summed E-state index contributed by atoms with van der Waals surface area (Å²) >= 11 is 0. The van der Waals surface area contributed by atoms with Crippen molar-refractivity contribution in [3.05, 3.63) is 29.8 Å². The zero-order valence-corrected chi connectivity index (χ0v) is 12.2. The Morgan fingerprint density at radius 3 is 2.61 bits per heavy atom. The zero-order chi connectivity index (χ0) is 13.4. The van der Waals surface area contributed by atoms with Gasteiger partial charge in [0.2, 0.25) is 0 Å². The third-order valence-electron chi connectivity index (χ3n) is 3.11. The lowest BCUT2D eigenvalue weighted by atomic mass is 10.0. The second-order valence-electron chi connectivity index (χ2n) is 5.08. The van der Waals surface area contributed by atoms with Crippen molar-refractivity contribution in [1.29, 1.82) is 0 Å². The Balaban J connectivity index is 2.53. The fraction of sp³-hybridized carbons (Fsp3) is 0.625. The largest absolute Gasteiger partial charge is 0.492 e. The molecule has 0 amide bonds. The van der Waals surface area contributed by atoms with Crippen molar-refractivity contribution in [3.8, 4) is 5.75 Å². The van der Waals surface area contributed by atoms with E-state index in [1.807, 2.05) is 6.07 Å². The molecule has 0 aliphatic carbocycles. The first-order valence-corrected chi connectivity index (χ1v) is 7.13. The third-order valence-corrected chi connectivity index (χ3v) is 3.11. The first kappa shape index (κ1) is 15.0. The van der Waals surface area contributed by atoms with Gasteiger partial charge in [-0.2, -0.15) is 0 Å². The van der Waals surface area contributed by atoms with Gasteiger partial charge < -0.3 is 10.1 Å². The molecule has 1 aromatic rings. The van der Waals surface area contributed by atoms with Crippen molar-refractivity contribution in [2.24, 2.45) is 0 Å². The van der Waals surface area contributed by atoms with E-state index in [0.29, 0.717) is 12.0 Å². The summed E-state index contributed by atoms with van der Waals surface area (Å²) in [4.78, 5) is 0. The van der Waals surface area contributed by atoms with Gasteiger partial charge in [0.05, 0.1) is 0 Å². The van der Waals surface area contributed by atoms with E-state index in [2.05, 4.69) is 51.2 Å². The highest BCUT2D eigenvalue weighted by Crippen LogP contribution is 2.20. The summed E-state index contributed by atoms with van der Waals surface area (Å²) in [6.45, 7) is 10.5. The van der Waals surface area contributed by atoms with E-state index >= 15 is 0 Å². The molecule has 18 heavy (non-hydrogen) atoms. The number of ether oxygens (including phenoxy) is 1. The second kappa shape index (κ2) is 8.15. The van der Waals surface area contributed by atoms with Crippen LogP contribution in [0, 0.1) is 0 Å². The average molecular weight is 249 g/mol. The highest BCUT2D eigenvalue weighted by atomic mass is 16.5. The summed E-state index contributed by atoms with van der Waals surface area (Å²) in [7, 11) is 0. The summed E-state index contributed by atoms with van der Waals surface area (Å²) < 4.78 is 5.90. The topological polar surface area (TPSA) is 21.3 Å². The van der Waals surface area contributed by atoms with Crippen LogP contribution in [0.25, 0.3) is 0 Å². The molecule has 0 spiro atoms. The maximum Gasteiger partial charge on any atom is 0.119 e. The quantitative estimate of drug-likeness (QED) is 0.753. The fourth-order valence-corrected chi connectivity index (χ4v) is 2.04. The van der Waals surface area contributed by atoms with E-state index in [1.54, 1.807) is 0 Å². The van der Waals surface area contributed by atoms with Gasteiger partial charge in [-0.1, -0.05) is 46.2 Å². The minimum Gasteiger partial charge on any atom is -0.492 e. The number of rotatable bonds is 8. The van der Waals surface area contributed by atoms with Gasteiger partial charge in [-0.25, -0.2) is 0 Å². The van der Waals surface area contributed by atoms with Crippen LogP contribution < -0.4 is 10.1 Å². The summed E-state index contributed by atoms with van der Waals surface area (Å²) in [6, 6.07) is 8.89. The Kier molecular flexibility index (Phi) is 6.81. The monoisotopic (exact) mass is 249 g/mol. The molecular weight excluding hydrogens is 222 g/mol. The molecule has 0 aliphatic rings. The van der Waals surface area contributed by atoms with Crippen LogP contribution >= 0.6 is 0 Å². The van der Waals surface area contributed by atoms with Gasteiger partial charge in [-0.15, -0.1) is 0 Å². The first-order chi connectivity index (χ1) is 8.67. The Morgan fingerprint density at radius 1 is 1.22 bits per heavy atom. The van der Waals surface area contributed by atoms with E-state index in [9.17, 15) is 0 Å². The molecule has 1 rings (SSSR count). The number of hydrogen-bond acceptors (Lipinski definition) is 2. The SMILES string of the molecule is CCCC(COc1cccc(C(C)C)c1)NCC. The van der Waals surface area contributed by atoms with Crippen molar-refractivity contribution in [1.82, 2.24) is 5.32 Å². The molecule has 2 heteroatoms. The average Bonchev–Trinajstić information content (AvgIpc) is 2.37. The molecule has 0 bridgehead atoms. The molecule has 1 aromatic carbocycles. The predicted molar refractivity (Wildman–Crippen MR) is 78.4 cm³/mol. The van der Waals surface area contributed by atoms with Crippen molar-refractivity contribution in [2.45, 2.75) is 52.5 Å². The van der Waals surface area contributed by atoms with Gasteiger partial charge in [0, 0.05) is 6.04 Å². The molecule has 0 aliphatic heterocycles. The van der Waals surface area contributed by atoms with Crippen LogP contribution in [0.5, 0.6) is 5.75 Å². The van der Waals surface area contributed by atoms with Crippen LogP contribution in [0.3, 0.4) is 0 Å². The molecule has 2 nitrogen and oxygen atoms in total. The predicted octanol–water partition coefficient (Wildman–Crippen LogP) is 3.97. The molecule has 1 unspecified atom stereocenters. The molecule has 0 aromatic heterocycles. The minimum absolute atomic E-state index is 0.461. The van der Waals surface area contributed by atoms with Crippen LogP contribution in [0.15, 0.2) is 24.3 Å². The lowest BCUT2D eigenvalue weighted by Gasteiger charge is -2.18. The number of hydrogen-bond donors (Lipinski definition) is 1. The molecular formula is C16H27NO. The maximum atomic E-state index is 5.90. The van der Waals surface area contributed by atoms with Gasteiger partial charge in [0.1, 0.15) is 12.4 Å². The van der Waals surface area contributed by atoms with Gasteiger partial charge in [0.15, 0.2) is 0 Å². The van der Waals surface area contributed by atoms with Crippen molar-refractivity contribution >= 4 is 0 Å². The van der Waals surface area contributed by atoms with Crippen molar-refractivity contribution < 1.29 is 4.74 Å². The minimum atomic E-state index is 0.461. The number of likely N-dealkylation sites (N-methyl/N-ethyl adjacent to an activating group) is 1. The van der Waals surface area contributed by atoms with E-state index < -0.39 is 0 Å². The van der Waals surface area contributed by atoms with E-state index in [1.165, 1.54) is 12.0 Å². The Labute approximate surface area is 112 Å². The maximum absolute atomic E-state index is 5.90. The normalized spacial score (nSPS) is 12.7.